The van der Waals surface area contributed by atoms with Gasteiger partial charge in [-0.15, -0.1) is 11.8 Å². The van der Waals surface area contributed by atoms with Gasteiger partial charge >= 0.3 is 6.18 Å². The number of fused-ring (bicyclic) bond motifs is 3. The molecule has 0 fully saturated rings. The fourth-order valence-electron chi connectivity index (χ4n) is 3.79. The van der Waals surface area contributed by atoms with Crippen molar-refractivity contribution in [2.75, 3.05) is 5.32 Å². The number of carbonyl (C=O) groups excluding carboxylic acids is 1. The number of halogens is 4. The van der Waals surface area contributed by atoms with E-state index in [1.165, 1.54) is 17.8 Å². The molecule has 0 saturated heterocycles. The first-order valence-electron chi connectivity index (χ1n) is 9.11. The SMILES string of the molecule is O=C1C2=C(Nc3cc(C(F)(F)F)ccc3SC2c2ccc(Br)cc2)c2ccccc21. The molecule has 0 aromatic heterocycles. The number of benzene rings is 3. The van der Waals surface area contributed by atoms with E-state index in [1.54, 1.807) is 12.1 Å². The molecule has 30 heavy (non-hydrogen) atoms. The van der Waals surface area contributed by atoms with Crippen LogP contribution in [-0.4, -0.2) is 5.78 Å². The van der Waals surface area contributed by atoms with Crippen LogP contribution in [0.5, 0.6) is 0 Å². The molecule has 2 nitrogen and oxygen atoms in total. The highest BCUT2D eigenvalue weighted by molar-refractivity contribution is 9.10. The van der Waals surface area contributed by atoms with E-state index in [0.29, 0.717) is 33.0 Å². The largest absolute Gasteiger partial charge is 0.416 e. The minimum atomic E-state index is -4.45. The summed E-state index contributed by atoms with van der Waals surface area (Å²) in [7, 11) is 0. The van der Waals surface area contributed by atoms with Crippen molar-refractivity contribution in [2.45, 2.75) is 16.3 Å². The van der Waals surface area contributed by atoms with Gasteiger partial charge in [-0.1, -0.05) is 52.3 Å². The molecular weight excluding hydrogens is 475 g/mol. The Hall–Kier alpha value is -2.51. The summed E-state index contributed by atoms with van der Waals surface area (Å²) in [6.45, 7) is 0. The molecule has 1 N–H and O–H groups in total. The molecule has 150 valence electrons. The number of hydrogen-bond acceptors (Lipinski definition) is 3. The highest BCUT2D eigenvalue weighted by Gasteiger charge is 2.39. The zero-order valence-electron chi connectivity index (χ0n) is 15.3. The number of thioether (sulfide) groups is 1. The second kappa shape index (κ2) is 7.03. The van der Waals surface area contributed by atoms with E-state index in [9.17, 15) is 18.0 Å². The lowest BCUT2D eigenvalue weighted by atomic mass is 10.0. The summed E-state index contributed by atoms with van der Waals surface area (Å²) in [5.74, 6) is -0.0997. The molecule has 1 unspecified atom stereocenters. The third kappa shape index (κ3) is 3.17. The lowest BCUT2D eigenvalue weighted by Gasteiger charge is -2.18. The number of carbonyl (C=O) groups is 1. The zero-order chi connectivity index (χ0) is 21.0. The van der Waals surface area contributed by atoms with Crippen LogP contribution in [-0.2, 0) is 6.18 Å². The van der Waals surface area contributed by atoms with Crippen molar-refractivity contribution in [3.05, 3.63) is 99.0 Å². The standard InChI is InChI=1S/C23H13BrF3NOS/c24-14-8-5-12(6-9-14)22-19-20(15-3-1-2-4-16(15)21(19)29)28-17-11-13(23(25,26)27)7-10-18(17)30-22/h1-11,22,28H. The Morgan fingerprint density at radius 3 is 2.33 bits per heavy atom. The number of alkyl halides is 3. The van der Waals surface area contributed by atoms with Crippen LogP contribution in [0.15, 0.2) is 81.7 Å². The molecule has 0 amide bonds. The minimum absolute atomic E-state index is 0.0997. The second-order valence-corrected chi connectivity index (χ2v) is 9.11. The van der Waals surface area contributed by atoms with Crippen LogP contribution in [0.3, 0.4) is 0 Å². The average molecular weight is 488 g/mol. The molecule has 2 aliphatic rings. The number of hydrogen-bond donors (Lipinski definition) is 1. The highest BCUT2D eigenvalue weighted by Crippen LogP contribution is 2.53. The topological polar surface area (TPSA) is 29.1 Å². The van der Waals surface area contributed by atoms with E-state index >= 15 is 0 Å². The molecule has 1 aliphatic carbocycles. The fraction of sp³-hybridized carbons (Fsp3) is 0.0870. The molecule has 3 aromatic carbocycles. The van der Waals surface area contributed by atoms with Gasteiger partial charge in [-0.05, 0) is 35.9 Å². The Balaban J connectivity index is 1.72. The van der Waals surface area contributed by atoms with Crippen molar-refractivity contribution in [1.82, 2.24) is 0 Å². The number of ketones is 1. The van der Waals surface area contributed by atoms with Gasteiger partial charge in [0.1, 0.15) is 0 Å². The van der Waals surface area contributed by atoms with Crippen molar-refractivity contribution < 1.29 is 18.0 Å². The van der Waals surface area contributed by atoms with Crippen molar-refractivity contribution in [3.63, 3.8) is 0 Å². The highest BCUT2D eigenvalue weighted by atomic mass is 79.9. The third-order valence-electron chi connectivity index (χ3n) is 5.20. The predicted octanol–water partition coefficient (Wildman–Crippen LogP) is 7.33. The van der Waals surface area contributed by atoms with Crippen molar-refractivity contribution >= 4 is 44.9 Å². The fourth-order valence-corrected chi connectivity index (χ4v) is 5.33. The van der Waals surface area contributed by atoms with E-state index in [2.05, 4.69) is 21.2 Å². The molecule has 0 radical (unpaired) electrons. The van der Waals surface area contributed by atoms with E-state index in [1.807, 2.05) is 36.4 Å². The first kappa shape index (κ1) is 19.5. The summed E-state index contributed by atoms with van der Waals surface area (Å²) >= 11 is 4.81. The van der Waals surface area contributed by atoms with Crippen LogP contribution in [0.1, 0.15) is 32.3 Å². The molecule has 0 spiro atoms. The Labute approximate surface area is 183 Å². The quantitative estimate of drug-likeness (QED) is 0.389. The van der Waals surface area contributed by atoms with Gasteiger partial charge in [-0.2, -0.15) is 13.2 Å². The summed E-state index contributed by atoms with van der Waals surface area (Å²) in [5, 5.41) is 2.81. The Kier molecular flexibility index (Phi) is 4.56. The summed E-state index contributed by atoms with van der Waals surface area (Å²) in [6, 6.07) is 18.5. The Morgan fingerprint density at radius 1 is 0.933 bits per heavy atom. The van der Waals surface area contributed by atoms with Gasteiger partial charge in [-0.3, -0.25) is 4.79 Å². The molecule has 5 rings (SSSR count). The van der Waals surface area contributed by atoms with Gasteiger partial charge in [-0.25, -0.2) is 0 Å². The van der Waals surface area contributed by atoms with Crippen molar-refractivity contribution in [1.29, 1.82) is 0 Å². The first-order valence-corrected chi connectivity index (χ1v) is 10.8. The van der Waals surface area contributed by atoms with Gasteiger partial charge in [0, 0.05) is 26.1 Å². The van der Waals surface area contributed by atoms with Gasteiger partial charge < -0.3 is 5.32 Å². The van der Waals surface area contributed by atoms with Crippen LogP contribution >= 0.6 is 27.7 Å². The Morgan fingerprint density at radius 2 is 1.63 bits per heavy atom. The molecule has 0 saturated carbocycles. The van der Waals surface area contributed by atoms with Crippen LogP contribution < -0.4 is 5.32 Å². The molecule has 3 aromatic rings. The lowest BCUT2D eigenvalue weighted by molar-refractivity contribution is -0.137. The van der Waals surface area contributed by atoms with E-state index in [0.717, 1.165) is 22.2 Å². The molecule has 1 aliphatic heterocycles. The van der Waals surface area contributed by atoms with E-state index in [4.69, 9.17) is 0 Å². The average Bonchev–Trinajstić information content (AvgIpc) is 2.89. The number of nitrogens with one attached hydrogen (secondary N) is 1. The molecule has 1 heterocycles. The van der Waals surface area contributed by atoms with Gasteiger partial charge in [0.25, 0.3) is 0 Å². The van der Waals surface area contributed by atoms with Crippen LogP contribution in [0.25, 0.3) is 5.70 Å². The predicted molar refractivity (Wildman–Crippen MR) is 115 cm³/mol. The van der Waals surface area contributed by atoms with Crippen LogP contribution in [0.4, 0.5) is 18.9 Å². The summed E-state index contributed by atoms with van der Waals surface area (Å²) in [6.07, 6.45) is -4.45. The maximum absolute atomic E-state index is 13.3. The maximum Gasteiger partial charge on any atom is 0.416 e. The van der Waals surface area contributed by atoms with Crippen LogP contribution in [0.2, 0.25) is 0 Å². The number of Topliss-reactive ketones (excluding diaryl/α,β-unsaturated/α-hetero) is 1. The van der Waals surface area contributed by atoms with Crippen molar-refractivity contribution in [2.24, 2.45) is 0 Å². The normalized spacial score (nSPS) is 17.7. The summed E-state index contributed by atoms with van der Waals surface area (Å²) in [5.41, 5.74) is 2.95. The van der Waals surface area contributed by atoms with Gasteiger partial charge in [0.2, 0.25) is 0 Å². The first-order chi connectivity index (χ1) is 14.3. The number of rotatable bonds is 1. The summed E-state index contributed by atoms with van der Waals surface area (Å²) < 4.78 is 40.8. The monoisotopic (exact) mass is 487 g/mol. The molecule has 7 heteroatoms. The Bertz CT molecular complexity index is 1220. The smallest absolute Gasteiger partial charge is 0.354 e. The van der Waals surface area contributed by atoms with Crippen LogP contribution in [0, 0.1) is 0 Å². The molecule has 0 bridgehead atoms. The zero-order valence-corrected chi connectivity index (χ0v) is 17.7. The molecule has 1 atom stereocenters. The number of anilines is 1. The molecular formula is C23H13BrF3NOS. The summed E-state index contributed by atoms with van der Waals surface area (Å²) in [4.78, 5) is 14.0. The van der Waals surface area contributed by atoms with E-state index < -0.39 is 11.7 Å². The third-order valence-corrected chi connectivity index (χ3v) is 7.08. The van der Waals surface area contributed by atoms with Gasteiger partial charge in [0.05, 0.1) is 22.2 Å². The van der Waals surface area contributed by atoms with Gasteiger partial charge in [0.15, 0.2) is 5.78 Å². The van der Waals surface area contributed by atoms with Crippen molar-refractivity contribution in [3.8, 4) is 0 Å². The second-order valence-electron chi connectivity index (χ2n) is 7.05. The minimum Gasteiger partial charge on any atom is -0.354 e. The van der Waals surface area contributed by atoms with E-state index in [-0.39, 0.29) is 11.0 Å². The maximum atomic E-state index is 13.3. The lowest BCUT2D eigenvalue weighted by Crippen LogP contribution is -2.07.